The van der Waals surface area contributed by atoms with E-state index in [9.17, 15) is 9.59 Å². The number of aromatic amines is 1. The summed E-state index contributed by atoms with van der Waals surface area (Å²) in [6.07, 6.45) is 5.79. The van der Waals surface area contributed by atoms with Crippen LogP contribution < -0.4 is 5.69 Å². The summed E-state index contributed by atoms with van der Waals surface area (Å²) in [6.45, 7) is 5.21. The predicted molar refractivity (Wildman–Crippen MR) is 98.0 cm³/mol. The van der Waals surface area contributed by atoms with E-state index in [1.54, 1.807) is 10.6 Å². The molecule has 1 fully saturated rings. The van der Waals surface area contributed by atoms with Crippen molar-refractivity contribution in [1.29, 1.82) is 0 Å². The quantitative estimate of drug-likeness (QED) is 0.847. The lowest BCUT2D eigenvalue weighted by Crippen LogP contribution is -2.33. The summed E-state index contributed by atoms with van der Waals surface area (Å²) in [4.78, 5) is 29.8. The molecule has 6 heteroatoms. The van der Waals surface area contributed by atoms with Gasteiger partial charge < -0.3 is 14.6 Å². The Morgan fingerprint density at radius 2 is 1.88 bits per heavy atom. The fourth-order valence-electron chi connectivity index (χ4n) is 3.45. The number of carbonyl (C=O) groups excluding carboxylic acids is 1. The summed E-state index contributed by atoms with van der Waals surface area (Å²) in [6, 6.07) is 5.49. The molecular formula is C19H27N3O3. The van der Waals surface area contributed by atoms with Crippen molar-refractivity contribution in [2.24, 2.45) is 0 Å². The topological polar surface area (TPSA) is 67.3 Å². The standard InChI is InChI=1S/C19H27N3O3/c1-2-25-13-12-22-17-9-8-15(14-16(17)20-19(22)24)18(23)21-10-6-4-3-5-7-11-21/h8-9,14H,2-7,10-13H2,1H3,(H,20,24). The fraction of sp³-hybridized carbons (Fsp3) is 0.579. The molecule has 25 heavy (non-hydrogen) atoms. The lowest BCUT2D eigenvalue weighted by Gasteiger charge is -2.24. The van der Waals surface area contributed by atoms with E-state index in [-0.39, 0.29) is 11.6 Å². The number of nitrogens with zero attached hydrogens (tertiary/aromatic N) is 2. The van der Waals surface area contributed by atoms with Crippen molar-refractivity contribution < 1.29 is 9.53 Å². The summed E-state index contributed by atoms with van der Waals surface area (Å²) >= 11 is 0. The highest BCUT2D eigenvalue weighted by atomic mass is 16.5. The summed E-state index contributed by atoms with van der Waals surface area (Å²) in [7, 11) is 0. The van der Waals surface area contributed by atoms with Gasteiger partial charge in [-0.1, -0.05) is 19.3 Å². The first kappa shape index (κ1) is 17.7. The number of H-pyrrole nitrogens is 1. The Kier molecular flexibility index (Phi) is 5.91. The molecule has 2 aromatic rings. The second-order valence-electron chi connectivity index (χ2n) is 6.57. The van der Waals surface area contributed by atoms with E-state index in [2.05, 4.69) is 4.98 Å². The van der Waals surface area contributed by atoms with Crippen molar-refractivity contribution in [3.63, 3.8) is 0 Å². The van der Waals surface area contributed by atoms with Crippen LogP contribution in [0.25, 0.3) is 11.0 Å². The van der Waals surface area contributed by atoms with E-state index in [0.717, 1.165) is 31.4 Å². The fourth-order valence-corrected chi connectivity index (χ4v) is 3.45. The van der Waals surface area contributed by atoms with Crippen LogP contribution in [0.15, 0.2) is 23.0 Å². The minimum Gasteiger partial charge on any atom is -0.380 e. The van der Waals surface area contributed by atoms with E-state index in [1.807, 2.05) is 24.0 Å². The summed E-state index contributed by atoms with van der Waals surface area (Å²) < 4.78 is 7.00. The van der Waals surface area contributed by atoms with Crippen molar-refractivity contribution in [1.82, 2.24) is 14.5 Å². The molecule has 0 bridgehead atoms. The Morgan fingerprint density at radius 1 is 1.16 bits per heavy atom. The van der Waals surface area contributed by atoms with Crippen molar-refractivity contribution in [3.8, 4) is 0 Å². The highest BCUT2D eigenvalue weighted by Gasteiger charge is 2.18. The summed E-state index contributed by atoms with van der Waals surface area (Å²) in [5, 5.41) is 0. The van der Waals surface area contributed by atoms with E-state index < -0.39 is 0 Å². The SMILES string of the molecule is CCOCCn1c(=O)[nH]c2cc(C(=O)N3CCCCCCC3)ccc21. The number of nitrogens with one attached hydrogen (secondary N) is 1. The number of ether oxygens (including phenoxy) is 1. The first-order valence-electron chi connectivity index (χ1n) is 9.30. The van der Waals surface area contributed by atoms with Gasteiger partial charge in [-0.15, -0.1) is 0 Å². The van der Waals surface area contributed by atoms with E-state index in [4.69, 9.17) is 4.74 Å². The molecule has 6 nitrogen and oxygen atoms in total. The maximum Gasteiger partial charge on any atom is 0.326 e. The van der Waals surface area contributed by atoms with Gasteiger partial charge in [-0.2, -0.15) is 0 Å². The smallest absolute Gasteiger partial charge is 0.326 e. The third-order valence-electron chi connectivity index (χ3n) is 4.83. The Hall–Kier alpha value is -2.08. The predicted octanol–water partition coefficient (Wildman–Crippen LogP) is 2.77. The maximum absolute atomic E-state index is 12.8. The number of aromatic nitrogens is 2. The molecule has 0 aliphatic carbocycles. The molecule has 1 aromatic heterocycles. The number of hydrogen-bond acceptors (Lipinski definition) is 3. The molecule has 2 heterocycles. The van der Waals surface area contributed by atoms with E-state index >= 15 is 0 Å². The Bertz CT molecular complexity index is 770. The van der Waals surface area contributed by atoms with Crippen LogP contribution in [-0.4, -0.2) is 46.7 Å². The number of imidazole rings is 1. The molecule has 1 N–H and O–H groups in total. The third kappa shape index (κ3) is 4.12. The van der Waals surface area contributed by atoms with E-state index in [0.29, 0.717) is 30.8 Å². The molecule has 1 amide bonds. The van der Waals surface area contributed by atoms with Gasteiger partial charge in [-0.25, -0.2) is 4.79 Å². The molecule has 1 aromatic carbocycles. The number of rotatable bonds is 5. The number of likely N-dealkylation sites (tertiary alicyclic amines) is 1. The lowest BCUT2D eigenvalue weighted by molar-refractivity contribution is 0.0742. The molecule has 0 unspecified atom stereocenters. The zero-order valence-corrected chi connectivity index (χ0v) is 14.9. The molecule has 136 valence electrons. The molecule has 1 aliphatic heterocycles. The van der Waals surface area contributed by atoms with Crippen LogP contribution in [-0.2, 0) is 11.3 Å². The second kappa shape index (κ2) is 8.34. The second-order valence-corrected chi connectivity index (χ2v) is 6.57. The molecule has 1 saturated heterocycles. The van der Waals surface area contributed by atoms with Crippen molar-refractivity contribution >= 4 is 16.9 Å². The number of amides is 1. The van der Waals surface area contributed by atoms with Crippen LogP contribution in [0, 0.1) is 0 Å². The van der Waals surface area contributed by atoms with Crippen LogP contribution >= 0.6 is 0 Å². The monoisotopic (exact) mass is 345 g/mol. The number of benzene rings is 1. The Morgan fingerprint density at radius 3 is 2.60 bits per heavy atom. The Balaban J connectivity index is 1.80. The molecule has 0 atom stereocenters. The minimum absolute atomic E-state index is 0.0618. The van der Waals surface area contributed by atoms with Crippen molar-refractivity contribution in [2.45, 2.75) is 45.6 Å². The first-order valence-corrected chi connectivity index (χ1v) is 9.30. The van der Waals surface area contributed by atoms with Gasteiger partial charge in [0, 0.05) is 25.3 Å². The van der Waals surface area contributed by atoms with Gasteiger partial charge in [0.2, 0.25) is 0 Å². The van der Waals surface area contributed by atoms with Crippen LogP contribution in [0.1, 0.15) is 49.4 Å². The average Bonchev–Trinajstić information content (AvgIpc) is 2.89. The van der Waals surface area contributed by atoms with Crippen molar-refractivity contribution in [3.05, 3.63) is 34.2 Å². The molecule has 1 aliphatic rings. The van der Waals surface area contributed by atoms with Gasteiger partial charge in [-0.05, 0) is 38.0 Å². The summed E-state index contributed by atoms with van der Waals surface area (Å²) in [5.41, 5.74) is 2.00. The highest BCUT2D eigenvalue weighted by molar-refractivity contribution is 5.97. The molecule has 0 spiro atoms. The molecule has 3 rings (SSSR count). The van der Waals surface area contributed by atoms with Gasteiger partial charge in [-0.3, -0.25) is 9.36 Å². The molecule has 0 saturated carbocycles. The molecule has 0 radical (unpaired) electrons. The van der Waals surface area contributed by atoms with Crippen molar-refractivity contribution in [2.75, 3.05) is 26.3 Å². The van der Waals surface area contributed by atoms with Crippen LogP contribution in [0.3, 0.4) is 0 Å². The van der Waals surface area contributed by atoms with Gasteiger partial charge in [0.25, 0.3) is 5.91 Å². The maximum atomic E-state index is 12.8. The van der Waals surface area contributed by atoms with Crippen LogP contribution in [0.4, 0.5) is 0 Å². The zero-order chi connectivity index (χ0) is 17.6. The van der Waals surface area contributed by atoms with Gasteiger partial charge in [0.1, 0.15) is 0 Å². The van der Waals surface area contributed by atoms with Gasteiger partial charge >= 0.3 is 5.69 Å². The number of hydrogen-bond donors (Lipinski definition) is 1. The Labute approximate surface area is 147 Å². The normalized spacial score (nSPS) is 16.0. The number of fused-ring (bicyclic) bond motifs is 1. The minimum atomic E-state index is -0.162. The van der Waals surface area contributed by atoms with Crippen LogP contribution in [0.2, 0.25) is 0 Å². The van der Waals surface area contributed by atoms with E-state index in [1.165, 1.54) is 19.3 Å². The van der Waals surface area contributed by atoms with Crippen LogP contribution in [0.5, 0.6) is 0 Å². The summed E-state index contributed by atoms with van der Waals surface area (Å²) in [5.74, 6) is 0.0618. The van der Waals surface area contributed by atoms with Gasteiger partial charge in [0.05, 0.1) is 24.2 Å². The largest absolute Gasteiger partial charge is 0.380 e. The third-order valence-corrected chi connectivity index (χ3v) is 4.83. The lowest BCUT2D eigenvalue weighted by atomic mass is 10.1. The average molecular weight is 345 g/mol. The molecular weight excluding hydrogens is 318 g/mol. The zero-order valence-electron chi connectivity index (χ0n) is 14.9. The highest BCUT2D eigenvalue weighted by Crippen LogP contribution is 2.17. The van der Waals surface area contributed by atoms with Gasteiger partial charge in [0.15, 0.2) is 0 Å². The first-order chi connectivity index (χ1) is 12.2. The number of carbonyl (C=O) groups is 1.